The zero-order valence-corrected chi connectivity index (χ0v) is 14.7. The average molecular weight is 396 g/mol. The summed E-state index contributed by atoms with van der Waals surface area (Å²) in [7, 11) is 0. The van der Waals surface area contributed by atoms with Crippen molar-refractivity contribution in [1.82, 2.24) is 0 Å². The normalized spacial score (nSPS) is 11.2. The van der Waals surface area contributed by atoms with Crippen molar-refractivity contribution in [3.8, 4) is 11.3 Å². The maximum atomic E-state index is 10.9. The summed E-state index contributed by atoms with van der Waals surface area (Å²) in [5.41, 5.74) is 0.979. The molecule has 0 aliphatic heterocycles. The quantitative estimate of drug-likeness (QED) is 0.285. The Kier molecular flexibility index (Phi) is 5.08. The van der Waals surface area contributed by atoms with Crippen molar-refractivity contribution in [2.45, 2.75) is 0 Å². The topological polar surface area (TPSA) is 68.6 Å². The van der Waals surface area contributed by atoms with E-state index in [2.05, 4.69) is 4.99 Å². The number of benzene rings is 2. The van der Waals surface area contributed by atoms with Crippen LogP contribution in [0.2, 0.25) is 15.1 Å². The Morgan fingerprint density at radius 1 is 0.960 bits per heavy atom. The van der Waals surface area contributed by atoms with Crippen LogP contribution in [0.15, 0.2) is 57.9 Å². The maximum Gasteiger partial charge on any atom is 0.270 e. The molecule has 0 spiro atoms. The fraction of sp³-hybridized carbons (Fsp3) is 0. The number of halogens is 3. The van der Waals surface area contributed by atoms with E-state index < -0.39 is 4.92 Å². The highest BCUT2D eigenvalue weighted by Crippen LogP contribution is 2.32. The predicted molar refractivity (Wildman–Crippen MR) is 99.5 cm³/mol. The second-order valence-electron chi connectivity index (χ2n) is 4.98. The zero-order chi connectivity index (χ0) is 18.0. The van der Waals surface area contributed by atoms with Crippen LogP contribution in [0.5, 0.6) is 0 Å². The number of hydrogen-bond donors (Lipinski definition) is 0. The number of nitro benzene ring substituents is 1. The van der Waals surface area contributed by atoms with Gasteiger partial charge in [-0.25, -0.2) is 0 Å². The summed E-state index contributed by atoms with van der Waals surface area (Å²) in [6, 6.07) is 12.5. The monoisotopic (exact) mass is 394 g/mol. The second-order valence-corrected chi connectivity index (χ2v) is 6.20. The minimum Gasteiger partial charge on any atom is -0.455 e. The third kappa shape index (κ3) is 4.02. The van der Waals surface area contributed by atoms with Crippen molar-refractivity contribution >= 4 is 52.4 Å². The zero-order valence-electron chi connectivity index (χ0n) is 12.4. The van der Waals surface area contributed by atoms with Gasteiger partial charge in [0.15, 0.2) is 0 Å². The van der Waals surface area contributed by atoms with E-state index >= 15 is 0 Å². The first kappa shape index (κ1) is 17.5. The maximum absolute atomic E-state index is 10.9. The highest BCUT2D eigenvalue weighted by molar-refractivity contribution is 6.42. The lowest BCUT2D eigenvalue weighted by atomic mass is 10.1. The molecule has 0 bridgehead atoms. The fourth-order valence-electron chi connectivity index (χ4n) is 2.09. The first-order valence-corrected chi connectivity index (χ1v) is 8.11. The molecule has 1 heterocycles. The predicted octanol–water partition coefficient (Wildman–Crippen LogP) is 6.57. The molecule has 0 aliphatic carbocycles. The molecule has 0 saturated carbocycles. The van der Waals surface area contributed by atoms with Crippen LogP contribution in [0.3, 0.4) is 0 Å². The summed E-state index contributed by atoms with van der Waals surface area (Å²) in [4.78, 5) is 14.7. The van der Waals surface area contributed by atoms with Crippen LogP contribution in [-0.4, -0.2) is 11.1 Å². The summed E-state index contributed by atoms with van der Waals surface area (Å²) in [6.45, 7) is 0. The molecule has 2 aromatic carbocycles. The largest absolute Gasteiger partial charge is 0.455 e. The van der Waals surface area contributed by atoms with E-state index in [1.807, 2.05) is 0 Å². The summed E-state index contributed by atoms with van der Waals surface area (Å²) < 4.78 is 5.65. The Labute approximate surface area is 157 Å². The van der Waals surface area contributed by atoms with Crippen molar-refractivity contribution in [3.05, 3.63) is 79.5 Å². The lowest BCUT2D eigenvalue weighted by molar-refractivity contribution is -0.384. The lowest BCUT2D eigenvalue weighted by Crippen LogP contribution is -1.88. The Bertz CT molecular complexity index is 983. The van der Waals surface area contributed by atoms with Gasteiger partial charge in [0.1, 0.15) is 11.5 Å². The van der Waals surface area contributed by atoms with Gasteiger partial charge in [0, 0.05) is 17.7 Å². The van der Waals surface area contributed by atoms with Gasteiger partial charge in [-0.1, -0.05) is 34.8 Å². The highest BCUT2D eigenvalue weighted by atomic mass is 35.5. The summed E-state index contributed by atoms with van der Waals surface area (Å²) in [5, 5.41) is 12.1. The van der Waals surface area contributed by atoms with Gasteiger partial charge in [0.25, 0.3) is 5.69 Å². The number of nitrogens with zero attached hydrogens (tertiary/aromatic N) is 2. The molecule has 0 N–H and O–H groups in total. The molecule has 1 aromatic heterocycles. The van der Waals surface area contributed by atoms with Crippen LogP contribution in [0, 0.1) is 10.1 Å². The minimum atomic E-state index is -0.491. The number of hydrogen-bond acceptors (Lipinski definition) is 4. The van der Waals surface area contributed by atoms with Crippen LogP contribution < -0.4 is 0 Å². The van der Waals surface area contributed by atoms with Crippen LogP contribution in [0.4, 0.5) is 11.4 Å². The first-order valence-electron chi connectivity index (χ1n) is 6.97. The summed E-state index contributed by atoms with van der Waals surface area (Å²) in [5.74, 6) is 0.868. The molecule has 126 valence electrons. The standard InChI is InChI=1S/C17H9Cl3N2O3/c18-14-5-2-11(22(23)24)8-13(14)17-6-3-12(25-17)9-21-10-1-4-15(19)16(20)7-10/h1-9H. The molecule has 0 saturated heterocycles. The second kappa shape index (κ2) is 7.27. The molecule has 0 amide bonds. The third-order valence-corrected chi connectivity index (χ3v) is 4.37. The number of non-ortho nitro benzene ring substituents is 1. The van der Waals surface area contributed by atoms with Crippen molar-refractivity contribution in [3.63, 3.8) is 0 Å². The average Bonchev–Trinajstić information content (AvgIpc) is 3.05. The number of nitro groups is 1. The Morgan fingerprint density at radius 3 is 2.44 bits per heavy atom. The van der Waals surface area contributed by atoms with Crippen LogP contribution in [0.1, 0.15) is 5.76 Å². The smallest absolute Gasteiger partial charge is 0.270 e. The summed E-state index contributed by atoms with van der Waals surface area (Å²) in [6.07, 6.45) is 1.51. The van der Waals surface area contributed by atoms with E-state index in [-0.39, 0.29) is 5.69 Å². The lowest BCUT2D eigenvalue weighted by Gasteiger charge is -2.00. The third-order valence-electron chi connectivity index (χ3n) is 3.30. The van der Waals surface area contributed by atoms with Crippen molar-refractivity contribution < 1.29 is 9.34 Å². The van der Waals surface area contributed by atoms with Crippen molar-refractivity contribution in [2.24, 2.45) is 4.99 Å². The van der Waals surface area contributed by atoms with Crippen LogP contribution in [-0.2, 0) is 0 Å². The van der Waals surface area contributed by atoms with Crippen molar-refractivity contribution in [2.75, 3.05) is 0 Å². The molecule has 5 nitrogen and oxygen atoms in total. The van der Waals surface area contributed by atoms with Gasteiger partial charge in [-0.05, 0) is 36.4 Å². The molecule has 8 heteroatoms. The molecule has 0 aliphatic rings. The van der Waals surface area contributed by atoms with Crippen LogP contribution >= 0.6 is 34.8 Å². The van der Waals surface area contributed by atoms with E-state index in [1.54, 1.807) is 30.3 Å². The van der Waals surface area contributed by atoms with Crippen LogP contribution in [0.25, 0.3) is 11.3 Å². The summed E-state index contributed by atoms with van der Waals surface area (Å²) >= 11 is 17.9. The van der Waals surface area contributed by atoms with E-state index in [9.17, 15) is 10.1 Å². The van der Waals surface area contributed by atoms with Gasteiger partial charge < -0.3 is 4.42 Å². The molecule has 0 fully saturated rings. The van der Waals surface area contributed by atoms with Crippen molar-refractivity contribution in [1.29, 1.82) is 0 Å². The van der Waals surface area contributed by atoms with Gasteiger partial charge in [0.2, 0.25) is 0 Å². The molecule has 0 unspecified atom stereocenters. The van der Waals surface area contributed by atoms with Gasteiger partial charge in [0.05, 0.1) is 31.9 Å². The van der Waals surface area contributed by atoms with E-state index in [4.69, 9.17) is 39.2 Å². The van der Waals surface area contributed by atoms with E-state index in [1.165, 1.54) is 24.4 Å². The Balaban J connectivity index is 1.87. The Morgan fingerprint density at radius 2 is 1.72 bits per heavy atom. The Hall–Kier alpha value is -2.34. The number of aliphatic imine (C=N–C) groups is 1. The first-order chi connectivity index (χ1) is 11.9. The fourth-order valence-corrected chi connectivity index (χ4v) is 2.59. The number of furan rings is 1. The highest BCUT2D eigenvalue weighted by Gasteiger charge is 2.14. The number of rotatable bonds is 4. The van der Waals surface area contributed by atoms with Gasteiger partial charge in [-0.15, -0.1) is 0 Å². The molecule has 3 aromatic rings. The SMILES string of the molecule is O=[N+]([O-])c1ccc(Cl)c(-c2ccc(C=Nc3ccc(Cl)c(Cl)c3)o2)c1. The van der Waals surface area contributed by atoms with E-state index in [0.29, 0.717) is 37.8 Å². The van der Waals surface area contributed by atoms with Gasteiger partial charge in [-0.2, -0.15) is 0 Å². The van der Waals surface area contributed by atoms with Gasteiger partial charge in [-0.3, -0.25) is 15.1 Å². The molecule has 0 radical (unpaired) electrons. The van der Waals surface area contributed by atoms with Gasteiger partial charge >= 0.3 is 0 Å². The molecule has 3 rings (SSSR count). The van der Waals surface area contributed by atoms with E-state index in [0.717, 1.165) is 0 Å². The minimum absolute atomic E-state index is 0.0678. The molecule has 25 heavy (non-hydrogen) atoms. The molecular formula is C17H9Cl3N2O3. The molecule has 0 atom stereocenters. The molecular weight excluding hydrogens is 387 g/mol.